The molecule has 0 unspecified atom stereocenters. The summed E-state index contributed by atoms with van der Waals surface area (Å²) in [5.41, 5.74) is 2.05. The minimum atomic E-state index is 0. The van der Waals surface area contributed by atoms with Crippen molar-refractivity contribution in [3.05, 3.63) is 21.0 Å². The van der Waals surface area contributed by atoms with Crippen molar-refractivity contribution >= 4 is 0 Å². The summed E-state index contributed by atoms with van der Waals surface area (Å²) >= 11 is 1.56. The molecule has 0 nitrogen and oxygen atoms in total. The van der Waals surface area contributed by atoms with Crippen LogP contribution in [0.15, 0.2) is 21.0 Å². The van der Waals surface area contributed by atoms with Crippen LogP contribution in [0.2, 0.25) is 0 Å². The minimum Gasteiger partial charge on any atom is -1.00 e. The van der Waals surface area contributed by atoms with Crippen molar-refractivity contribution in [1.29, 1.82) is 0 Å². The molecule has 0 N–H and O–H groups in total. The molecule has 3 heteroatoms. The second-order valence-corrected chi connectivity index (χ2v) is 5.70. The van der Waals surface area contributed by atoms with Crippen molar-refractivity contribution in [3.8, 4) is 0 Å². The summed E-state index contributed by atoms with van der Waals surface area (Å²) in [4.78, 5) is 0. The predicted octanol–water partition coefficient (Wildman–Crippen LogP) is -2.56. The van der Waals surface area contributed by atoms with E-state index >= 15 is 0 Å². The molecule has 0 aromatic rings. The van der Waals surface area contributed by atoms with Gasteiger partial charge < -0.3 is 24.8 Å². The first-order valence-corrected chi connectivity index (χ1v) is 5.81. The molecule has 1 rings (SSSR count). The van der Waals surface area contributed by atoms with Gasteiger partial charge in [0.25, 0.3) is 0 Å². The molecule has 0 aromatic heterocycles. The zero-order valence-electron chi connectivity index (χ0n) is 9.20. The summed E-state index contributed by atoms with van der Waals surface area (Å²) in [6.07, 6.45) is 5.77. The second-order valence-electron chi connectivity index (χ2n) is 4.38. The Morgan fingerprint density at radius 3 is 2.07 bits per heavy atom. The van der Waals surface area contributed by atoms with Crippen molar-refractivity contribution in [1.82, 2.24) is 0 Å². The molecule has 0 radical (unpaired) electrons. The molecule has 0 saturated heterocycles. The van der Waals surface area contributed by atoms with Crippen LogP contribution >= 0.6 is 0 Å². The van der Waals surface area contributed by atoms with E-state index in [-0.39, 0.29) is 24.8 Å². The minimum absolute atomic E-state index is 0. The summed E-state index contributed by atoms with van der Waals surface area (Å²) < 4.78 is 1.57. The Morgan fingerprint density at radius 2 is 1.79 bits per heavy atom. The SMILES string of the molecule is CC(C)C(C)(C)C1=[C]([Zr+2])C=CC1.[Cl-].[Cl-]. The third-order valence-corrected chi connectivity index (χ3v) is 4.30. The summed E-state index contributed by atoms with van der Waals surface area (Å²) in [6, 6.07) is 0. The van der Waals surface area contributed by atoms with E-state index in [1.54, 1.807) is 33.6 Å². The summed E-state index contributed by atoms with van der Waals surface area (Å²) in [5.74, 6) is 0.739. The Morgan fingerprint density at radius 1 is 1.29 bits per heavy atom. The van der Waals surface area contributed by atoms with E-state index < -0.39 is 0 Å². The van der Waals surface area contributed by atoms with Crippen molar-refractivity contribution in [2.75, 3.05) is 0 Å². The van der Waals surface area contributed by atoms with Gasteiger partial charge in [0.2, 0.25) is 0 Å². The predicted molar refractivity (Wildman–Crippen MR) is 49.4 cm³/mol. The standard InChI is InChI=1S/C11H17.2ClH.Zr/c1-9(2)11(3,4)10-7-5-6-8-10;;;/h5-6,9H,7H2,1-4H3;2*1H;/q;;;+2/p-2. The molecule has 0 aromatic carbocycles. The molecule has 0 amide bonds. The van der Waals surface area contributed by atoms with E-state index in [4.69, 9.17) is 0 Å². The number of allylic oxidation sites excluding steroid dienone is 4. The van der Waals surface area contributed by atoms with Crippen LogP contribution in [-0.4, -0.2) is 0 Å². The fraction of sp³-hybridized carbons (Fsp3) is 0.636. The molecule has 0 aliphatic heterocycles. The monoisotopic (exact) mass is 309 g/mol. The smallest absolute Gasteiger partial charge is 1.00 e. The maximum atomic E-state index is 2.37. The van der Waals surface area contributed by atoms with E-state index in [0.29, 0.717) is 5.41 Å². The van der Waals surface area contributed by atoms with Gasteiger partial charge in [-0.25, -0.2) is 0 Å². The Bertz CT molecular complexity index is 240. The van der Waals surface area contributed by atoms with Crippen LogP contribution in [0, 0.1) is 11.3 Å². The molecule has 0 heterocycles. The Balaban J connectivity index is 0. The van der Waals surface area contributed by atoms with Gasteiger partial charge in [-0.3, -0.25) is 0 Å². The molecule has 0 spiro atoms. The maximum Gasteiger partial charge on any atom is -1.00 e. The van der Waals surface area contributed by atoms with Crippen LogP contribution in [-0.2, 0) is 24.7 Å². The summed E-state index contributed by atoms with van der Waals surface area (Å²) in [6.45, 7) is 9.36. The summed E-state index contributed by atoms with van der Waals surface area (Å²) in [5, 5.41) is 0. The number of halogens is 2. The van der Waals surface area contributed by atoms with E-state index in [0.717, 1.165) is 5.92 Å². The molecule has 1 aliphatic carbocycles. The first kappa shape index (κ1) is 17.3. The first-order valence-electron chi connectivity index (χ1n) is 4.58. The largest absolute Gasteiger partial charge is 1.00 e. The van der Waals surface area contributed by atoms with Crippen LogP contribution in [0.25, 0.3) is 0 Å². The average molecular weight is 311 g/mol. The topological polar surface area (TPSA) is 0 Å². The van der Waals surface area contributed by atoms with Crippen LogP contribution < -0.4 is 24.8 Å². The van der Waals surface area contributed by atoms with Crippen molar-refractivity contribution in [2.24, 2.45) is 11.3 Å². The molecule has 0 bridgehead atoms. The van der Waals surface area contributed by atoms with Gasteiger partial charge in [-0.05, 0) is 0 Å². The number of hydrogen-bond donors (Lipinski definition) is 0. The zero-order valence-corrected chi connectivity index (χ0v) is 13.2. The first-order chi connectivity index (χ1) is 5.46. The van der Waals surface area contributed by atoms with E-state index in [1.807, 2.05) is 0 Å². The fourth-order valence-corrected chi connectivity index (χ4v) is 2.80. The third-order valence-electron chi connectivity index (χ3n) is 3.15. The van der Waals surface area contributed by atoms with Gasteiger partial charge in [0, 0.05) is 0 Å². The Labute approximate surface area is 115 Å². The van der Waals surface area contributed by atoms with E-state index in [2.05, 4.69) is 39.8 Å². The molecule has 0 fully saturated rings. The van der Waals surface area contributed by atoms with Crippen LogP contribution in [0.3, 0.4) is 0 Å². The quantitative estimate of drug-likeness (QED) is 0.526. The molecular formula is C11H17Cl2Zr. The van der Waals surface area contributed by atoms with E-state index in [9.17, 15) is 0 Å². The van der Waals surface area contributed by atoms with Crippen molar-refractivity contribution in [2.45, 2.75) is 34.1 Å². The van der Waals surface area contributed by atoms with Crippen molar-refractivity contribution in [3.63, 3.8) is 0 Å². The van der Waals surface area contributed by atoms with Gasteiger partial charge in [0.05, 0.1) is 0 Å². The average Bonchev–Trinajstić information content (AvgIpc) is 2.35. The van der Waals surface area contributed by atoms with E-state index in [1.165, 1.54) is 6.42 Å². The maximum absolute atomic E-state index is 2.37. The zero-order chi connectivity index (χ0) is 9.35. The van der Waals surface area contributed by atoms with Gasteiger partial charge in [-0.15, -0.1) is 0 Å². The Hall–Kier alpha value is 0.943. The second kappa shape index (κ2) is 6.51. The molecule has 1 aliphatic rings. The van der Waals surface area contributed by atoms with Gasteiger partial charge in [0.15, 0.2) is 0 Å². The van der Waals surface area contributed by atoms with Gasteiger partial charge >= 0.3 is 91.2 Å². The van der Waals surface area contributed by atoms with Gasteiger partial charge in [0.1, 0.15) is 0 Å². The molecule has 79 valence electrons. The number of hydrogen-bond acceptors (Lipinski definition) is 0. The molecule has 0 saturated carbocycles. The third kappa shape index (κ3) is 3.51. The van der Waals surface area contributed by atoms with Crippen LogP contribution in [0.5, 0.6) is 0 Å². The normalized spacial score (nSPS) is 15.6. The summed E-state index contributed by atoms with van der Waals surface area (Å²) in [7, 11) is 0. The van der Waals surface area contributed by atoms with Crippen LogP contribution in [0.4, 0.5) is 0 Å². The number of rotatable bonds is 2. The van der Waals surface area contributed by atoms with Gasteiger partial charge in [-0.1, -0.05) is 0 Å². The fourth-order valence-electron chi connectivity index (χ4n) is 1.46. The molecule has 0 atom stereocenters. The van der Waals surface area contributed by atoms with Gasteiger partial charge in [-0.2, -0.15) is 0 Å². The van der Waals surface area contributed by atoms with Crippen LogP contribution in [0.1, 0.15) is 34.1 Å². The van der Waals surface area contributed by atoms with Crippen molar-refractivity contribution < 1.29 is 49.5 Å². The molecule has 14 heavy (non-hydrogen) atoms. The molecular weight excluding hydrogens is 294 g/mol. The Kier molecular flexibility index (Phi) is 8.06.